The summed E-state index contributed by atoms with van der Waals surface area (Å²) in [6, 6.07) is 9.87. The van der Waals surface area contributed by atoms with E-state index in [1.54, 1.807) is 28.4 Å². The Bertz CT molecular complexity index is 626. The summed E-state index contributed by atoms with van der Waals surface area (Å²) in [4.78, 5) is 14.0. The van der Waals surface area contributed by atoms with Crippen molar-refractivity contribution in [3.05, 3.63) is 42.1 Å². The van der Waals surface area contributed by atoms with Crippen molar-refractivity contribution in [3.8, 4) is 5.69 Å². The van der Waals surface area contributed by atoms with Gasteiger partial charge >= 0.3 is 6.03 Å². The zero-order chi connectivity index (χ0) is 16.1. The van der Waals surface area contributed by atoms with Crippen molar-refractivity contribution in [2.24, 2.45) is 0 Å². The average Bonchev–Trinajstić information content (AvgIpc) is 2.88. The van der Waals surface area contributed by atoms with E-state index in [9.17, 15) is 4.79 Å². The topological polar surface area (TPSA) is 50.2 Å². The second-order valence-corrected chi connectivity index (χ2v) is 6.20. The summed E-state index contributed by atoms with van der Waals surface area (Å²) in [7, 11) is 1.81. The van der Waals surface area contributed by atoms with Crippen LogP contribution in [0.1, 0.15) is 12.5 Å². The third kappa shape index (κ3) is 3.82. The van der Waals surface area contributed by atoms with Gasteiger partial charge in [0.15, 0.2) is 5.82 Å². The van der Waals surface area contributed by atoms with E-state index in [1.807, 2.05) is 56.6 Å². The van der Waals surface area contributed by atoms with Crippen LogP contribution in [0.15, 0.2) is 36.5 Å². The van der Waals surface area contributed by atoms with Crippen LogP contribution in [-0.4, -0.2) is 45.8 Å². The van der Waals surface area contributed by atoms with Crippen LogP contribution in [0.2, 0.25) is 0 Å². The fourth-order valence-electron chi connectivity index (χ4n) is 2.04. The Morgan fingerprint density at radius 3 is 2.73 bits per heavy atom. The summed E-state index contributed by atoms with van der Waals surface area (Å²) in [5, 5.41) is 7.35. The van der Waals surface area contributed by atoms with E-state index in [0.29, 0.717) is 5.82 Å². The molecule has 118 valence electrons. The average molecular weight is 318 g/mol. The van der Waals surface area contributed by atoms with Crippen molar-refractivity contribution in [3.63, 3.8) is 0 Å². The van der Waals surface area contributed by atoms with Crippen LogP contribution in [0.3, 0.4) is 0 Å². The summed E-state index contributed by atoms with van der Waals surface area (Å²) in [5.74, 6) is 1.50. The molecule has 1 atom stereocenters. The second-order valence-electron chi connectivity index (χ2n) is 5.29. The minimum atomic E-state index is -0.136. The molecular formula is C16H22N4OS. The summed E-state index contributed by atoms with van der Waals surface area (Å²) >= 11 is 1.72. The molecule has 0 aliphatic rings. The molecule has 1 heterocycles. The van der Waals surface area contributed by atoms with Crippen molar-refractivity contribution in [1.82, 2.24) is 14.7 Å². The van der Waals surface area contributed by atoms with E-state index in [4.69, 9.17) is 0 Å². The first-order valence-electron chi connectivity index (χ1n) is 7.17. The molecule has 2 rings (SSSR count). The number of aryl methyl sites for hydroxylation is 1. The molecule has 0 aliphatic heterocycles. The van der Waals surface area contributed by atoms with Gasteiger partial charge in [-0.1, -0.05) is 18.2 Å². The maximum Gasteiger partial charge on any atom is 0.323 e. The van der Waals surface area contributed by atoms with Gasteiger partial charge in [-0.25, -0.2) is 9.48 Å². The van der Waals surface area contributed by atoms with Crippen LogP contribution in [0.5, 0.6) is 0 Å². The molecule has 2 amide bonds. The zero-order valence-corrected chi connectivity index (χ0v) is 14.2. The number of anilines is 1. The SMILES string of the molecule is CSC[C@@H](C)N(C)C(=O)Nc1nn(-c2ccccc2)cc1C. The van der Waals surface area contributed by atoms with Gasteiger partial charge in [-0.2, -0.15) is 11.8 Å². The molecule has 1 aromatic carbocycles. The van der Waals surface area contributed by atoms with Crippen LogP contribution in [0, 0.1) is 6.92 Å². The van der Waals surface area contributed by atoms with Crippen molar-refractivity contribution in [2.75, 3.05) is 24.4 Å². The van der Waals surface area contributed by atoms with Crippen molar-refractivity contribution in [2.45, 2.75) is 19.9 Å². The number of urea groups is 1. The van der Waals surface area contributed by atoms with Crippen molar-refractivity contribution in [1.29, 1.82) is 0 Å². The lowest BCUT2D eigenvalue weighted by atomic mass is 10.3. The predicted molar refractivity (Wildman–Crippen MR) is 92.9 cm³/mol. The van der Waals surface area contributed by atoms with Gasteiger partial charge < -0.3 is 4.90 Å². The minimum Gasteiger partial charge on any atom is -0.324 e. The first-order chi connectivity index (χ1) is 10.5. The minimum absolute atomic E-state index is 0.136. The molecule has 0 spiro atoms. The smallest absolute Gasteiger partial charge is 0.323 e. The number of carbonyl (C=O) groups excluding carboxylic acids is 1. The summed E-state index contributed by atoms with van der Waals surface area (Å²) in [6.07, 6.45) is 3.95. The number of carbonyl (C=O) groups is 1. The number of rotatable bonds is 5. The molecule has 0 saturated carbocycles. The van der Waals surface area contributed by atoms with Crippen molar-refractivity contribution >= 4 is 23.6 Å². The molecule has 0 bridgehead atoms. The Morgan fingerprint density at radius 2 is 2.09 bits per heavy atom. The third-order valence-electron chi connectivity index (χ3n) is 3.53. The molecule has 1 N–H and O–H groups in total. The van der Waals surface area contributed by atoms with Gasteiger partial charge in [-0.15, -0.1) is 5.10 Å². The van der Waals surface area contributed by atoms with Gasteiger partial charge in [-0.05, 0) is 32.2 Å². The van der Waals surface area contributed by atoms with Crippen LogP contribution in [-0.2, 0) is 0 Å². The van der Waals surface area contributed by atoms with Gasteiger partial charge in [0, 0.05) is 30.6 Å². The number of nitrogens with zero attached hydrogens (tertiary/aromatic N) is 3. The molecule has 6 heteroatoms. The molecule has 5 nitrogen and oxygen atoms in total. The fraction of sp³-hybridized carbons (Fsp3) is 0.375. The number of para-hydroxylation sites is 1. The number of thioether (sulfide) groups is 1. The largest absolute Gasteiger partial charge is 0.324 e. The maximum absolute atomic E-state index is 12.3. The van der Waals surface area contributed by atoms with E-state index in [-0.39, 0.29) is 12.1 Å². The highest BCUT2D eigenvalue weighted by atomic mass is 32.2. The highest BCUT2D eigenvalue weighted by molar-refractivity contribution is 7.98. The molecule has 0 radical (unpaired) electrons. The highest BCUT2D eigenvalue weighted by Crippen LogP contribution is 2.16. The predicted octanol–water partition coefficient (Wildman–Crippen LogP) is 3.40. The molecule has 22 heavy (non-hydrogen) atoms. The van der Waals surface area contributed by atoms with Gasteiger partial charge in [0.25, 0.3) is 0 Å². The molecule has 1 aromatic heterocycles. The lowest BCUT2D eigenvalue weighted by Crippen LogP contribution is -2.39. The molecule has 0 unspecified atom stereocenters. The monoisotopic (exact) mass is 318 g/mol. The van der Waals surface area contributed by atoms with Crippen LogP contribution in [0.25, 0.3) is 5.69 Å². The molecule has 0 aliphatic carbocycles. The van der Waals surface area contributed by atoms with E-state index < -0.39 is 0 Å². The molecule has 0 fully saturated rings. The van der Waals surface area contributed by atoms with E-state index in [0.717, 1.165) is 17.0 Å². The highest BCUT2D eigenvalue weighted by Gasteiger charge is 2.17. The van der Waals surface area contributed by atoms with Crippen LogP contribution < -0.4 is 5.32 Å². The number of hydrogen-bond acceptors (Lipinski definition) is 3. The second kappa shape index (κ2) is 7.35. The standard InChI is InChI=1S/C16H22N4OS/c1-12-10-20(14-8-6-5-7-9-14)18-15(12)17-16(21)19(3)13(2)11-22-4/h5-10,13H,11H2,1-4H3,(H,17,18,21)/t13-/m1/s1. The molecular weight excluding hydrogens is 296 g/mol. The first-order valence-corrected chi connectivity index (χ1v) is 8.56. The van der Waals surface area contributed by atoms with Gasteiger partial charge in [0.1, 0.15) is 0 Å². The zero-order valence-electron chi connectivity index (χ0n) is 13.4. The number of aromatic nitrogens is 2. The van der Waals surface area contributed by atoms with E-state index >= 15 is 0 Å². The van der Waals surface area contributed by atoms with E-state index in [2.05, 4.69) is 10.4 Å². The number of hydrogen-bond donors (Lipinski definition) is 1. The Morgan fingerprint density at radius 1 is 1.41 bits per heavy atom. The lowest BCUT2D eigenvalue weighted by Gasteiger charge is -2.24. The van der Waals surface area contributed by atoms with Crippen LogP contribution in [0.4, 0.5) is 10.6 Å². The van der Waals surface area contributed by atoms with Gasteiger partial charge in [-0.3, -0.25) is 5.32 Å². The molecule has 0 saturated heterocycles. The van der Waals surface area contributed by atoms with Crippen molar-refractivity contribution < 1.29 is 4.79 Å². The van der Waals surface area contributed by atoms with E-state index in [1.165, 1.54) is 0 Å². The Hall–Kier alpha value is -1.95. The molecule has 2 aromatic rings. The normalized spacial score (nSPS) is 12.0. The van der Waals surface area contributed by atoms with Gasteiger partial charge in [0.2, 0.25) is 0 Å². The Balaban J connectivity index is 2.11. The number of benzene rings is 1. The fourth-order valence-corrected chi connectivity index (χ4v) is 2.75. The summed E-state index contributed by atoms with van der Waals surface area (Å²) < 4.78 is 1.77. The first kappa shape index (κ1) is 16.4. The Kier molecular flexibility index (Phi) is 5.49. The number of nitrogens with one attached hydrogen (secondary N) is 1. The number of amides is 2. The summed E-state index contributed by atoms with van der Waals surface area (Å²) in [6.45, 7) is 3.97. The van der Waals surface area contributed by atoms with Crippen LogP contribution >= 0.6 is 11.8 Å². The maximum atomic E-state index is 12.3. The lowest BCUT2D eigenvalue weighted by molar-refractivity contribution is 0.212. The third-order valence-corrected chi connectivity index (χ3v) is 4.35. The Labute approximate surface area is 135 Å². The summed E-state index contributed by atoms with van der Waals surface area (Å²) in [5.41, 5.74) is 1.90. The quantitative estimate of drug-likeness (QED) is 0.919. The van der Waals surface area contributed by atoms with Gasteiger partial charge in [0.05, 0.1) is 5.69 Å².